The average Bonchev–Trinajstić information content (AvgIpc) is 2.93. The van der Waals surface area contributed by atoms with Gasteiger partial charge in [-0.3, -0.25) is 9.89 Å². The third-order valence-corrected chi connectivity index (χ3v) is 2.75. The summed E-state index contributed by atoms with van der Waals surface area (Å²) >= 11 is 0. The molecule has 0 bridgehead atoms. The first-order chi connectivity index (χ1) is 8.86. The second-order valence-electron chi connectivity index (χ2n) is 5.63. The van der Waals surface area contributed by atoms with Gasteiger partial charge in [-0.15, -0.1) is 5.10 Å². The molecule has 0 saturated heterocycles. The van der Waals surface area contributed by atoms with E-state index in [1.54, 1.807) is 0 Å². The van der Waals surface area contributed by atoms with Crippen molar-refractivity contribution in [2.75, 3.05) is 0 Å². The number of amides is 1. The molecule has 0 aliphatic carbocycles. The highest BCUT2D eigenvalue weighted by Crippen LogP contribution is 2.17. The van der Waals surface area contributed by atoms with E-state index >= 15 is 0 Å². The minimum absolute atomic E-state index is 0.148. The van der Waals surface area contributed by atoms with Crippen molar-refractivity contribution in [3.8, 4) is 0 Å². The number of hydrogen-bond donors (Lipinski definition) is 2. The minimum Gasteiger partial charge on any atom is -0.357 e. The molecule has 0 aromatic carbocycles. The van der Waals surface area contributed by atoms with Crippen LogP contribution < -0.4 is 5.32 Å². The molecule has 6 nitrogen and oxygen atoms in total. The van der Waals surface area contributed by atoms with Gasteiger partial charge in [0.2, 0.25) is 5.82 Å². The highest BCUT2D eigenvalue weighted by atomic mass is 16.2. The normalized spacial score (nSPS) is 11.6. The first-order valence-corrected chi connectivity index (χ1v) is 6.18. The fourth-order valence-corrected chi connectivity index (χ4v) is 1.63. The van der Waals surface area contributed by atoms with Gasteiger partial charge < -0.3 is 9.88 Å². The molecule has 0 aliphatic rings. The number of rotatable bonds is 3. The van der Waals surface area contributed by atoms with Crippen LogP contribution in [0.1, 0.15) is 42.8 Å². The molecule has 2 rings (SSSR count). The molecule has 0 radical (unpaired) electrons. The number of hydrogen-bond acceptors (Lipinski definition) is 3. The molecule has 1 amide bonds. The maximum absolute atomic E-state index is 11.9. The Kier molecular flexibility index (Phi) is 3.42. The molecule has 6 heteroatoms. The van der Waals surface area contributed by atoms with Crippen LogP contribution in [-0.4, -0.2) is 25.7 Å². The van der Waals surface area contributed by atoms with Gasteiger partial charge in [0.05, 0.1) is 0 Å². The van der Waals surface area contributed by atoms with Crippen LogP contribution in [0.5, 0.6) is 0 Å². The lowest BCUT2D eigenvalue weighted by Crippen LogP contribution is -2.24. The summed E-state index contributed by atoms with van der Waals surface area (Å²) < 4.78 is 1.94. The molecule has 0 spiro atoms. The van der Waals surface area contributed by atoms with Crippen molar-refractivity contribution in [2.24, 2.45) is 7.05 Å². The van der Waals surface area contributed by atoms with Gasteiger partial charge in [0.25, 0.3) is 5.91 Å². The molecule has 0 unspecified atom stereocenters. The summed E-state index contributed by atoms with van der Waals surface area (Å²) in [6, 6.07) is 1.96. The molecule has 19 heavy (non-hydrogen) atoms. The third-order valence-electron chi connectivity index (χ3n) is 2.75. The van der Waals surface area contributed by atoms with Crippen LogP contribution in [0.4, 0.5) is 0 Å². The lowest BCUT2D eigenvalue weighted by Gasteiger charge is -2.12. The minimum atomic E-state index is -0.268. The fraction of sp³-hybridized carbons (Fsp3) is 0.462. The molecule has 0 fully saturated rings. The second kappa shape index (κ2) is 4.87. The highest BCUT2D eigenvalue weighted by Gasteiger charge is 2.21. The molecule has 102 valence electrons. The van der Waals surface area contributed by atoms with Crippen LogP contribution >= 0.6 is 0 Å². The van der Waals surface area contributed by atoms with E-state index in [1.807, 2.05) is 50.8 Å². The summed E-state index contributed by atoms with van der Waals surface area (Å²) in [4.78, 5) is 16.1. The Morgan fingerprint density at radius 3 is 2.74 bits per heavy atom. The smallest absolute Gasteiger partial charge is 0.291 e. The monoisotopic (exact) mass is 261 g/mol. The number of H-pyrrole nitrogens is 1. The maximum Gasteiger partial charge on any atom is 0.291 e. The highest BCUT2D eigenvalue weighted by molar-refractivity contribution is 5.90. The first kappa shape index (κ1) is 13.3. The number of aryl methyl sites for hydroxylation is 1. The van der Waals surface area contributed by atoms with E-state index in [9.17, 15) is 4.79 Å². The van der Waals surface area contributed by atoms with E-state index in [2.05, 4.69) is 20.5 Å². The van der Waals surface area contributed by atoms with Gasteiger partial charge in [0, 0.05) is 31.4 Å². The van der Waals surface area contributed by atoms with Gasteiger partial charge in [-0.2, -0.15) is 0 Å². The molecule has 0 saturated carbocycles. The molecule has 0 atom stereocenters. The van der Waals surface area contributed by atoms with E-state index in [0.29, 0.717) is 12.4 Å². The Bertz CT molecular complexity index is 576. The van der Waals surface area contributed by atoms with Crippen molar-refractivity contribution in [1.29, 1.82) is 0 Å². The fourth-order valence-electron chi connectivity index (χ4n) is 1.63. The summed E-state index contributed by atoms with van der Waals surface area (Å²) in [5.74, 6) is 0.619. The molecule has 2 aromatic heterocycles. The molecule has 0 aliphatic heterocycles. The van der Waals surface area contributed by atoms with Crippen LogP contribution in [0.15, 0.2) is 18.5 Å². The SMILES string of the molecule is Cn1ccc(CNC(=O)c2n[nH]c(C(C)(C)C)n2)c1. The Balaban J connectivity index is 1.98. The molecule has 2 aromatic rings. The summed E-state index contributed by atoms with van der Waals surface area (Å²) in [5.41, 5.74) is 0.896. The number of nitrogens with one attached hydrogen (secondary N) is 2. The van der Waals surface area contributed by atoms with Gasteiger partial charge in [-0.05, 0) is 11.6 Å². The van der Waals surface area contributed by atoms with Gasteiger partial charge in [0.1, 0.15) is 5.82 Å². The lowest BCUT2D eigenvalue weighted by atomic mass is 9.96. The topological polar surface area (TPSA) is 75.6 Å². The van der Waals surface area contributed by atoms with E-state index in [4.69, 9.17) is 0 Å². The largest absolute Gasteiger partial charge is 0.357 e. The summed E-state index contributed by atoms with van der Waals surface area (Å²) in [5, 5.41) is 9.55. The summed E-state index contributed by atoms with van der Waals surface area (Å²) in [7, 11) is 1.94. The van der Waals surface area contributed by atoms with Crippen molar-refractivity contribution in [3.63, 3.8) is 0 Å². The predicted molar refractivity (Wildman–Crippen MR) is 71.7 cm³/mol. The van der Waals surface area contributed by atoms with Gasteiger partial charge >= 0.3 is 0 Å². The third kappa shape index (κ3) is 3.21. The standard InChI is InChI=1S/C13H19N5O/c1-13(2,3)12-15-10(16-17-12)11(19)14-7-9-5-6-18(4)8-9/h5-6,8H,7H2,1-4H3,(H,14,19)(H,15,16,17). The van der Waals surface area contributed by atoms with Crippen LogP contribution in [0.3, 0.4) is 0 Å². The van der Waals surface area contributed by atoms with Crippen LogP contribution in [0.25, 0.3) is 0 Å². The first-order valence-electron chi connectivity index (χ1n) is 6.18. The van der Waals surface area contributed by atoms with E-state index in [1.165, 1.54) is 0 Å². The molecular formula is C13H19N5O. The van der Waals surface area contributed by atoms with Crippen molar-refractivity contribution in [3.05, 3.63) is 35.7 Å². The Hall–Kier alpha value is -2.11. The quantitative estimate of drug-likeness (QED) is 0.876. The van der Waals surface area contributed by atoms with Crippen molar-refractivity contribution in [1.82, 2.24) is 25.1 Å². The molecular weight excluding hydrogens is 242 g/mol. The predicted octanol–water partition coefficient (Wildman–Crippen LogP) is 1.37. The van der Waals surface area contributed by atoms with Crippen molar-refractivity contribution < 1.29 is 4.79 Å². The Labute approximate surface area is 112 Å². The zero-order valence-corrected chi connectivity index (χ0v) is 11.7. The van der Waals surface area contributed by atoms with Crippen LogP contribution in [0, 0.1) is 0 Å². The number of carbonyl (C=O) groups excluding carboxylic acids is 1. The van der Waals surface area contributed by atoms with Gasteiger partial charge in [-0.25, -0.2) is 4.98 Å². The summed E-state index contributed by atoms with van der Waals surface area (Å²) in [6.45, 7) is 6.51. The van der Waals surface area contributed by atoms with Crippen LogP contribution in [-0.2, 0) is 19.0 Å². The lowest BCUT2D eigenvalue weighted by molar-refractivity contribution is 0.0941. The van der Waals surface area contributed by atoms with Gasteiger partial charge in [-0.1, -0.05) is 20.8 Å². The zero-order chi connectivity index (χ0) is 14.0. The average molecular weight is 261 g/mol. The second-order valence-corrected chi connectivity index (χ2v) is 5.63. The van der Waals surface area contributed by atoms with E-state index < -0.39 is 0 Å². The van der Waals surface area contributed by atoms with E-state index in [-0.39, 0.29) is 17.1 Å². The maximum atomic E-state index is 11.9. The van der Waals surface area contributed by atoms with Gasteiger partial charge in [0.15, 0.2) is 0 Å². The van der Waals surface area contributed by atoms with E-state index in [0.717, 1.165) is 5.56 Å². The number of nitrogens with zero attached hydrogens (tertiary/aromatic N) is 3. The van der Waals surface area contributed by atoms with Crippen molar-refractivity contribution >= 4 is 5.91 Å². The Morgan fingerprint density at radius 1 is 1.47 bits per heavy atom. The molecule has 2 heterocycles. The zero-order valence-electron chi connectivity index (χ0n) is 11.7. The number of aromatic amines is 1. The number of carbonyl (C=O) groups is 1. The number of aromatic nitrogens is 4. The van der Waals surface area contributed by atoms with Crippen molar-refractivity contribution in [2.45, 2.75) is 32.7 Å². The Morgan fingerprint density at radius 2 is 2.21 bits per heavy atom. The molecule has 2 N–H and O–H groups in total. The summed E-state index contributed by atoms with van der Waals surface area (Å²) in [6.07, 6.45) is 3.89. The van der Waals surface area contributed by atoms with Crippen LogP contribution in [0.2, 0.25) is 0 Å².